The van der Waals surface area contributed by atoms with Crippen LogP contribution in [0.1, 0.15) is 5.56 Å². The average Bonchev–Trinajstić information content (AvgIpc) is 2.98. The largest absolute Gasteiger partial charge is 0.486 e. The molecule has 0 unspecified atom stereocenters. The minimum atomic E-state index is -0.0752. The van der Waals surface area contributed by atoms with Gasteiger partial charge in [0, 0.05) is 28.6 Å². The van der Waals surface area contributed by atoms with Gasteiger partial charge in [-0.2, -0.15) is 0 Å². The third kappa shape index (κ3) is 3.09. The maximum Gasteiger partial charge on any atom is 0.228 e. The Labute approximate surface area is 153 Å². The van der Waals surface area contributed by atoms with Gasteiger partial charge in [0.2, 0.25) is 5.91 Å². The maximum atomic E-state index is 12.5. The third-order valence-electron chi connectivity index (χ3n) is 4.26. The molecule has 1 N–H and O–H groups in total. The van der Waals surface area contributed by atoms with Gasteiger partial charge in [0.15, 0.2) is 11.5 Å². The van der Waals surface area contributed by atoms with Crippen molar-refractivity contribution in [3.05, 3.63) is 52.6 Å². The zero-order valence-electron chi connectivity index (χ0n) is 13.7. The summed E-state index contributed by atoms with van der Waals surface area (Å²) in [6.45, 7) is 1.07. The van der Waals surface area contributed by atoms with Crippen molar-refractivity contribution in [2.75, 3.05) is 18.5 Å². The quantitative estimate of drug-likeness (QED) is 0.725. The topological polar surface area (TPSA) is 52.5 Å². The highest BCUT2D eigenvalue weighted by Gasteiger charge is 2.17. The van der Waals surface area contributed by atoms with E-state index in [0.717, 1.165) is 26.6 Å². The molecule has 0 atom stereocenters. The molecule has 0 saturated carbocycles. The Bertz CT molecular complexity index is 965. The van der Waals surface area contributed by atoms with E-state index >= 15 is 0 Å². The highest BCUT2D eigenvalue weighted by atomic mass is 79.9. The predicted molar refractivity (Wildman–Crippen MR) is 100 cm³/mol. The van der Waals surface area contributed by atoms with Crippen LogP contribution in [-0.2, 0) is 18.3 Å². The number of benzene rings is 2. The van der Waals surface area contributed by atoms with Gasteiger partial charge >= 0.3 is 0 Å². The normalized spacial score (nSPS) is 13.0. The average molecular weight is 401 g/mol. The highest BCUT2D eigenvalue weighted by Crippen LogP contribution is 2.36. The van der Waals surface area contributed by atoms with Crippen LogP contribution >= 0.6 is 15.9 Å². The fourth-order valence-electron chi connectivity index (χ4n) is 3.02. The molecule has 1 aliphatic rings. The van der Waals surface area contributed by atoms with Gasteiger partial charge in [-0.15, -0.1) is 0 Å². The molecule has 0 aliphatic carbocycles. The Morgan fingerprint density at radius 2 is 1.96 bits per heavy atom. The number of hydrogen-bond donors (Lipinski definition) is 1. The molecule has 2 aromatic carbocycles. The molecule has 3 aromatic rings. The molecule has 4 rings (SSSR count). The molecule has 5 nitrogen and oxygen atoms in total. The SMILES string of the molecule is Cn1ccc2c(NC(=O)Cc3cc4c(cc3Br)OCCO4)cccc21. The number of halogens is 1. The Morgan fingerprint density at radius 3 is 2.76 bits per heavy atom. The molecule has 0 spiro atoms. The second-order valence-corrected chi connectivity index (χ2v) is 6.83. The number of aromatic nitrogens is 1. The minimum absolute atomic E-state index is 0.0752. The maximum absolute atomic E-state index is 12.5. The summed E-state index contributed by atoms with van der Waals surface area (Å²) < 4.78 is 14.0. The number of ether oxygens (including phenoxy) is 2. The van der Waals surface area contributed by atoms with Gasteiger partial charge in [0.05, 0.1) is 12.1 Å². The van der Waals surface area contributed by atoms with Crippen molar-refractivity contribution in [1.29, 1.82) is 0 Å². The monoisotopic (exact) mass is 400 g/mol. The van der Waals surface area contributed by atoms with Crippen LogP contribution in [0.2, 0.25) is 0 Å². The molecule has 25 heavy (non-hydrogen) atoms. The summed E-state index contributed by atoms with van der Waals surface area (Å²) in [5.41, 5.74) is 2.76. The first kappa shape index (κ1) is 16.0. The summed E-state index contributed by atoms with van der Waals surface area (Å²) in [6, 6.07) is 11.6. The molecular weight excluding hydrogens is 384 g/mol. The summed E-state index contributed by atoms with van der Waals surface area (Å²) in [4.78, 5) is 12.5. The van der Waals surface area contributed by atoms with E-state index in [4.69, 9.17) is 9.47 Å². The smallest absolute Gasteiger partial charge is 0.228 e. The summed E-state index contributed by atoms with van der Waals surface area (Å²) in [5, 5.41) is 4.04. The lowest BCUT2D eigenvalue weighted by atomic mass is 10.1. The minimum Gasteiger partial charge on any atom is -0.486 e. The van der Waals surface area contributed by atoms with Crippen LogP contribution in [0.25, 0.3) is 10.9 Å². The van der Waals surface area contributed by atoms with Gasteiger partial charge in [-0.1, -0.05) is 22.0 Å². The molecule has 1 aromatic heterocycles. The van der Waals surface area contributed by atoms with E-state index in [0.29, 0.717) is 24.7 Å². The number of nitrogens with zero attached hydrogens (tertiary/aromatic N) is 1. The van der Waals surface area contributed by atoms with E-state index in [2.05, 4.69) is 21.2 Å². The fraction of sp³-hybridized carbons (Fsp3) is 0.211. The van der Waals surface area contributed by atoms with Crippen LogP contribution in [-0.4, -0.2) is 23.7 Å². The summed E-state index contributed by atoms with van der Waals surface area (Å²) >= 11 is 3.51. The number of amides is 1. The molecule has 1 amide bonds. The van der Waals surface area contributed by atoms with Crippen molar-refractivity contribution in [2.45, 2.75) is 6.42 Å². The lowest BCUT2D eigenvalue weighted by Gasteiger charge is -2.20. The number of fused-ring (bicyclic) bond motifs is 2. The number of hydrogen-bond acceptors (Lipinski definition) is 3. The highest BCUT2D eigenvalue weighted by molar-refractivity contribution is 9.10. The van der Waals surface area contributed by atoms with E-state index in [9.17, 15) is 4.79 Å². The van der Waals surface area contributed by atoms with Crippen LogP contribution in [0, 0.1) is 0 Å². The number of carbonyl (C=O) groups is 1. The Morgan fingerprint density at radius 1 is 1.20 bits per heavy atom. The van der Waals surface area contributed by atoms with Gasteiger partial charge in [0.1, 0.15) is 13.2 Å². The standard InChI is InChI=1S/C19H17BrN2O3/c1-22-6-5-13-15(3-2-4-16(13)22)21-19(23)10-12-9-17-18(11-14(12)20)25-8-7-24-17/h2-6,9,11H,7-8,10H2,1H3,(H,21,23). The van der Waals surface area contributed by atoms with E-state index < -0.39 is 0 Å². The van der Waals surface area contributed by atoms with Crippen LogP contribution in [0.15, 0.2) is 47.1 Å². The molecule has 0 radical (unpaired) electrons. The molecule has 6 heteroatoms. The molecule has 128 valence electrons. The van der Waals surface area contributed by atoms with Crippen LogP contribution in [0.4, 0.5) is 5.69 Å². The Kier molecular flexibility index (Phi) is 4.13. The number of rotatable bonds is 3. The predicted octanol–water partition coefficient (Wildman–Crippen LogP) is 3.89. The fourth-order valence-corrected chi connectivity index (χ4v) is 3.48. The zero-order chi connectivity index (χ0) is 17.4. The lowest BCUT2D eigenvalue weighted by Crippen LogP contribution is -2.17. The zero-order valence-corrected chi connectivity index (χ0v) is 15.3. The first-order valence-electron chi connectivity index (χ1n) is 8.04. The van der Waals surface area contributed by atoms with Crippen LogP contribution in [0.3, 0.4) is 0 Å². The van der Waals surface area contributed by atoms with E-state index in [1.807, 2.05) is 54.2 Å². The number of aryl methyl sites for hydroxylation is 1. The summed E-state index contributed by atoms with van der Waals surface area (Å²) in [7, 11) is 1.99. The van der Waals surface area contributed by atoms with Gasteiger partial charge < -0.3 is 19.4 Å². The first-order chi connectivity index (χ1) is 12.1. The Balaban J connectivity index is 1.56. The van der Waals surface area contributed by atoms with Crippen molar-refractivity contribution in [1.82, 2.24) is 4.57 Å². The van der Waals surface area contributed by atoms with Gasteiger partial charge in [-0.25, -0.2) is 0 Å². The second-order valence-electron chi connectivity index (χ2n) is 5.98. The number of carbonyl (C=O) groups excluding carboxylic acids is 1. The van der Waals surface area contributed by atoms with Crippen LogP contribution < -0.4 is 14.8 Å². The molecule has 2 heterocycles. The van der Waals surface area contributed by atoms with Crippen LogP contribution in [0.5, 0.6) is 11.5 Å². The van der Waals surface area contributed by atoms with Gasteiger partial charge in [-0.3, -0.25) is 4.79 Å². The van der Waals surface area contributed by atoms with Gasteiger partial charge in [-0.05, 0) is 35.9 Å². The lowest BCUT2D eigenvalue weighted by molar-refractivity contribution is -0.115. The van der Waals surface area contributed by atoms with Crippen molar-refractivity contribution in [3.63, 3.8) is 0 Å². The van der Waals surface area contributed by atoms with Crippen molar-refractivity contribution in [2.24, 2.45) is 7.05 Å². The van der Waals surface area contributed by atoms with Crippen molar-refractivity contribution < 1.29 is 14.3 Å². The molecule has 0 saturated heterocycles. The molecule has 1 aliphatic heterocycles. The molecular formula is C19H17BrN2O3. The first-order valence-corrected chi connectivity index (χ1v) is 8.83. The number of nitrogens with one attached hydrogen (secondary N) is 1. The molecule has 0 fully saturated rings. The van der Waals surface area contributed by atoms with Crippen molar-refractivity contribution in [3.8, 4) is 11.5 Å². The van der Waals surface area contributed by atoms with E-state index in [-0.39, 0.29) is 12.3 Å². The molecule has 0 bridgehead atoms. The summed E-state index contributed by atoms with van der Waals surface area (Å²) in [5.74, 6) is 1.31. The van der Waals surface area contributed by atoms with E-state index in [1.54, 1.807) is 0 Å². The Hall–Kier alpha value is -2.47. The van der Waals surface area contributed by atoms with Crippen molar-refractivity contribution >= 4 is 38.4 Å². The van der Waals surface area contributed by atoms with Gasteiger partial charge in [0.25, 0.3) is 0 Å². The third-order valence-corrected chi connectivity index (χ3v) is 5.00. The summed E-state index contributed by atoms with van der Waals surface area (Å²) in [6.07, 6.45) is 2.23. The van der Waals surface area contributed by atoms with E-state index in [1.165, 1.54) is 0 Å². The number of anilines is 1. The second kappa shape index (κ2) is 6.44.